The molecule has 0 radical (unpaired) electrons. The number of aliphatic hydroxyl groups is 2. The van der Waals surface area contributed by atoms with Gasteiger partial charge in [0.25, 0.3) is 0 Å². The van der Waals surface area contributed by atoms with Crippen LogP contribution >= 0.6 is 0 Å². The Kier molecular flexibility index (Phi) is 171. The van der Waals surface area contributed by atoms with Gasteiger partial charge in [-0.3, -0.25) is 0 Å². The lowest BCUT2D eigenvalue weighted by molar-refractivity contribution is 0.162. The van der Waals surface area contributed by atoms with Crippen molar-refractivity contribution in [3.05, 3.63) is 50.6 Å². The van der Waals surface area contributed by atoms with Gasteiger partial charge in [-0.2, -0.15) is 0 Å². The molecule has 0 heterocycles. The maximum atomic E-state index is 7.62. The van der Waals surface area contributed by atoms with E-state index in [1.165, 1.54) is 0 Å². The predicted octanol–water partition coefficient (Wildman–Crippen LogP) is 4.78. The Bertz CT molecular complexity index is 115. The number of rotatable bonds is 3. The van der Waals surface area contributed by atoms with Gasteiger partial charge in [0.15, 0.2) is 0 Å². The summed E-state index contributed by atoms with van der Waals surface area (Å²) in [6, 6.07) is 0. The van der Waals surface area contributed by atoms with Gasteiger partial charge in [-0.1, -0.05) is 24.3 Å². The zero-order valence-electron chi connectivity index (χ0n) is 15.3. The fraction of sp³-hybridized carbons (Fsp3) is 0.556. The summed E-state index contributed by atoms with van der Waals surface area (Å²) in [6.07, 6.45) is 7.00. The van der Waals surface area contributed by atoms with E-state index in [0.717, 1.165) is 13.2 Å². The molecule has 0 amide bonds. The van der Waals surface area contributed by atoms with E-state index in [0.29, 0.717) is 0 Å². The Balaban J connectivity index is -0.0000000327. The highest BCUT2D eigenvalue weighted by molar-refractivity contribution is 4.52. The molecule has 0 spiro atoms. The zero-order valence-corrected chi connectivity index (χ0v) is 15.3. The molecule has 0 bridgehead atoms. The summed E-state index contributed by atoms with van der Waals surface area (Å²) in [5.74, 6) is 0. The molecule has 3 heteroatoms. The SMILES string of the molecule is C=CC.C=CC.C=CC.C=CC.CCOCC.OCCO. The summed E-state index contributed by atoms with van der Waals surface area (Å²) in [7, 11) is 0. The van der Waals surface area contributed by atoms with Crippen LogP contribution in [0.5, 0.6) is 0 Å². The minimum atomic E-state index is -0.125. The Labute approximate surface area is 134 Å². The van der Waals surface area contributed by atoms with Crippen molar-refractivity contribution >= 4 is 0 Å². The molecular weight excluding hydrogens is 264 g/mol. The molecule has 0 aromatic carbocycles. The molecule has 0 aliphatic rings. The van der Waals surface area contributed by atoms with Crippen molar-refractivity contribution in [1.82, 2.24) is 0 Å². The molecule has 0 aliphatic heterocycles. The highest BCUT2D eigenvalue weighted by atomic mass is 16.5. The molecule has 0 aromatic heterocycles. The third kappa shape index (κ3) is 1580. The van der Waals surface area contributed by atoms with Crippen molar-refractivity contribution in [3.63, 3.8) is 0 Å². The first-order valence-electron chi connectivity index (χ1n) is 7.07. The van der Waals surface area contributed by atoms with Gasteiger partial charge in [0.05, 0.1) is 13.2 Å². The summed E-state index contributed by atoms with van der Waals surface area (Å²) in [5, 5.41) is 15.2. The first kappa shape index (κ1) is 36.8. The van der Waals surface area contributed by atoms with Crippen molar-refractivity contribution < 1.29 is 14.9 Å². The van der Waals surface area contributed by atoms with E-state index >= 15 is 0 Å². The molecule has 0 aromatic rings. The topological polar surface area (TPSA) is 49.7 Å². The van der Waals surface area contributed by atoms with Gasteiger partial charge in [0.2, 0.25) is 0 Å². The van der Waals surface area contributed by atoms with Gasteiger partial charge in [-0.15, -0.1) is 26.3 Å². The fourth-order valence-corrected chi connectivity index (χ4v) is 0.204. The van der Waals surface area contributed by atoms with Crippen LogP contribution in [-0.2, 0) is 4.74 Å². The predicted molar refractivity (Wildman–Crippen MR) is 99.8 cm³/mol. The van der Waals surface area contributed by atoms with Gasteiger partial charge < -0.3 is 14.9 Å². The average Bonchev–Trinajstić information content (AvgIpc) is 2.43. The van der Waals surface area contributed by atoms with E-state index in [9.17, 15) is 0 Å². The second-order valence-corrected chi connectivity index (χ2v) is 2.86. The second kappa shape index (κ2) is 97.6. The van der Waals surface area contributed by atoms with Crippen LogP contribution < -0.4 is 0 Å². The quantitative estimate of drug-likeness (QED) is 0.737. The summed E-state index contributed by atoms with van der Waals surface area (Å²) in [6.45, 7) is 26.4. The van der Waals surface area contributed by atoms with Crippen molar-refractivity contribution in [2.24, 2.45) is 0 Å². The molecule has 0 fully saturated rings. The van der Waals surface area contributed by atoms with Crippen molar-refractivity contribution in [2.45, 2.75) is 41.5 Å². The average molecular weight is 305 g/mol. The molecule has 3 nitrogen and oxygen atoms in total. The summed E-state index contributed by atoms with van der Waals surface area (Å²) < 4.78 is 4.83. The minimum absolute atomic E-state index is 0.125. The molecule has 130 valence electrons. The first-order chi connectivity index (χ1) is 9.99. The van der Waals surface area contributed by atoms with Crippen molar-refractivity contribution in [2.75, 3.05) is 26.4 Å². The smallest absolute Gasteiger partial charge is 0.0662 e. The Hall–Kier alpha value is -1.16. The molecule has 2 N–H and O–H groups in total. The maximum absolute atomic E-state index is 7.62. The van der Waals surface area contributed by atoms with Gasteiger partial charge >= 0.3 is 0 Å². The Morgan fingerprint density at radius 3 is 0.810 bits per heavy atom. The molecule has 21 heavy (non-hydrogen) atoms. The van der Waals surface area contributed by atoms with E-state index in [1.54, 1.807) is 24.3 Å². The second-order valence-electron chi connectivity index (χ2n) is 2.86. The van der Waals surface area contributed by atoms with E-state index in [2.05, 4.69) is 26.3 Å². The van der Waals surface area contributed by atoms with Crippen LogP contribution in [0.3, 0.4) is 0 Å². The van der Waals surface area contributed by atoms with Gasteiger partial charge in [-0.05, 0) is 41.5 Å². The lowest BCUT2D eigenvalue weighted by Crippen LogP contribution is -1.85. The highest BCUT2D eigenvalue weighted by Gasteiger charge is 1.64. The third-order valence-electron chi connectivity index (χ3n) is 0.508. The molecular formula is C18H40O3. The molecule has 0 atom stereocenters. The standard InChI is InChI=1S/C4H10O.4C3H6.C2H6O2/c1-3-5-4-2;4*1-3-2;3-1-2-4/h3-4H2,1-2H3;4*3H,1H2,2H3;3-4H,1-2H2. The van der Waals surface area contributed by atoms with Gasteiger partial charge in [-0.25, -0.2) is 0 Å². The molecule has 0 unspecified atom stereocenters. The third-order valence-corrected chi connectivity index (χ3v) is 0.508. The largest absolute Gasteiger partial charge is 0.394 e. The van der Waals surface area contributed by atoms with E-state index < -0.39 is 0 Å². The van der Waals surface area contributed by atoms with Crippen LogP contribution in [-0.4, -0.2) is 36.6 Å². The number of hydrogen-bond donors (Lipinski definition) is 2. The Morgan fingerprint density at radius 2 is 0.810 bits per heavy atom. The number of allylic oxidation sites excluding steroid dienone is 4. The first-order valence-corrected chi connectivity index (χ1v) is 7.07. The maximum Gasteiger partial charge on any atom is 0.0662 e. The summed E-state index contributed by atoms with van der Waals surface area (Å²) in [5.41, 5.74) is 0. The minimum Gasteiger partial charge on any atom is -0.394 e. The molecule has 0 rings (SSSR count). The molecule has 0 saturated carbocycles. The van der Waals surface area contributed by atoms with Crippen LogP contribution in [0.25, 0.3) is 0 Å². The van der Waals surface area contributed by atoms with Crippen LogP contribution in [0, 0.1) is 0 Å². The van der Waals surface area contributed by atoms with E-state index in [1.807, 2.05) is 41.5 Å². The van der Waals surface area contributed by atoms with Crippen LogP contribution in [0.15, 0.2) is 50.6 Å². The van der Waals surface area contributed by atoms with Crippen molar-refractivity contribution in [1.29, 1.82) is 0 Å². The fourth-order valence-electron chi connectivity index (χ4n) is 0.204. The molecule has 0 aliphatic carbocycles. The molecule has 0 saturated heterocycles. The lowest BCUT2D eigenvalue weighted by atomic mass is 10.8. The van der Waals surface area contributed by atoms with Crippen molar-refractivity contribution in [3.8, 4) is 0 Å². The zero-order chi connectivity index (χ0) is 18.4. The normalized spacial score (nSPS) is 5.90. The van der Waals surface area contributed by atoms with Crippen LogP contribution in [0.4, 0.5) is 0 Å². The van der Waals surface area contributed by atoms with Gasteiger partial charge in [0.1, 0.15) is 0 Å². The van der Waals surface area contributed by atoms with Gasteiger partial charge in [0, 0.05) is 13.2 Å². The van der Waals surface area contributed by atoms with E-state index in [-0.39, 0.29) is 13.2 Å². The van der Waals surface area contributed by atoms with Crippen LogP contribution in [0.2, 0.25) is 0 Å². The number of ether oxygens (including phenoxy) is 1. The van der Waals surface area contributed by atoms with E-state index in [4.69, 9.17) is 14.9 Å². The Morgan fingerprint density at radius 1 is 0.667 bits per heavy atom. The summed E-state index contributed by atoms with van der Waals surface area (Å²) in [4.78, 5) is 0. The monoisotopic (exact) mass is 304 g/mol. The number of aliphatic hydroxyl groups excluding tert-OH is 2. The lowest BCUT2D eigenvalue weighted by Gasteiger charge is -1.86. The summed E-state index contributed by atoms with van der Waals surface area (Å²) >= 11 is 0. The highest BCUT2D eigenvalue weighted by Crippen LogP contribution is 1.64. The van der Waals surface area contributed by atoms with Crippen LogP contribution in [0.1, 0.15) is 41.5 Å². The number of hydrogen-bond acceptors (Lipinski definition) is 3.